The van der Waals surface area contributed by atoms with Crippen molar-refractivity contribution in [2.24, 2.45) is 10.8 Å². The Kier molecular flexibility index (Phi) is 8.50. The maximum absolute atomic E-state index is 2.68. The second kappa shape index (κ2) is 9.48. The topological polar surface area (TPSA) is 0 Å². The molecule has 0 N–H and O–H groups in total. The van der Waals surface area contributed by atoms with Gasteiger partial charge in [0.15, 0.2) is 0 Å². The van der Waals surface area contributed by atoms with Gasteiger partial charge in [-0.1, -0.05) is 0 Å². The quantitative estimate of drug-likeness (QED) is 0.470. The average molecular weight is 543 g/mol. The third kappa shape index (κ3) is 4.38. The first-order valence-corrected chi connectivity index (χ1v) is 20.6. The second-order valence-electron chi connectivity index (χ2n) is 11.5. The van der Waals surface area contributed by atoms with Gasteiger partial charge in [0.25, 0.3) is 0 Å². The van der Waals surface area contributed by atoms with Crippen LogP contribution >= 0.6 is 0 Å². The molecule has 0 aromatic heterocycles. The smallest absolute Gasteiger partial charge is 1.00 e. The van der Waals surface area contributed by atoms with E-state index >= 15 is 0 Å². The van der Waals surface area contributed by atoms with Crippen molar-refractivity contribution in [3.05, 3.63) is 45.6 Å². The number of hydrogen-bond acceptors (Lipinski definition) is 0. The Bertz CT molecular complexity index is 813. The van der Waals surface area contributed by atoms with Gasteiger partial charge in [-0.15, -0.1) is 0 Å². The normalized spacial score (nSPS) is 28.4. The van der Waals surface area contributed by atoms with E-state index in [-0.39, 0.29) is 30.2 Å². The molecular weight excluding hydrogens is 503 g/mol. The van der Waals surface area contributed by atoms with E-state index in [2.05, 4.69) is 66.8 Å². The van der Waals surface area contributed by atoms with E-state index in [1.807, 2.05) is 11.1 Å². The van der Waals surface area contributed by atoms with E-state index in [9.17, 15) is 0 Å². The van der Waals surface area contributed by atoms with Gasteiger partial charge in [0, 0.05) is 0 Å². The fourth-order valence-electron chi connectivity index (χ4n) is 6.81. The molecule has 166 valence electrons. The fourth-order valence-corrected chi connectivity index (χ4v) is 28.2. The Morgan fingerprint density at radius 2 is 1.13 bits per heavy atom. The van der Waals surface area contributed by atoms with Gasteiger partial charge in [0.2, 0.25) is 0 Å². The summed E-state index contributed by atoms with van der Waals surface area (Å²) in [7, 11) is 0. The van der Waals surface area contributed by atoms with Crippen LogP contribution in [-0.2, 0) is 20.4 Å². The van der Waals surface area contributed by atoms with Crippen molar-refractivity contribution in [2.45, 2.75) is 100 Å². The molecular formula is C26H40Cl2SiZr. The summed E-state index contributed by atoms with van der Waals surface area (Å²) >= 11 is -1.73. The minimum atomic E-state index is -1.73. The van der Waals surface area contributed by atoms with E-state index in [0.29, 0.717) is 10.8 Å². The first-order chi connectivity index (χ1) is 13.0. The minimum Gasteiger partial charge on any atom is -1.00 e. The van der Waals surface area contributed by atoms with Crippen LogP contribution in [0.2, 0.25) is 20.3 Å². The van der Waals surface area contributed by atoms with Crippen molar-refractivity contribution in [1.29, 1.82) is 0 Å². The van der Waals surface area contributed by atoms with Crippen molar-refractivity contribution in [2.75, 3.05) is 0 Å². The maximum atomic E-state index is 2.68. The first-order valence-electron chi connectivity index (χ1n) is 11.6. The molecule has 0 fully saturated rings. The molecule has 0 aromatic rings. The van der Waals surface area contributed by atoms with Crippen LogP contribution in [0.25, 0.3) is 0 Å². The van der Waals surface area contributed by atoms with Crippen LogP contribution < -0.4 is 24.8 Å². The van der Waals surface area contributed by atoms with Crippen molar-refractivity contribution in [1.82, 2.24) is 0 Å². The van der Waals surface area contributed by atoms with Gasteiger partial charge in [0.05, 0.1) is 0 Å². The van der Waals surface area contributed by atoms with Crippen molar-refractivity contribution in [3.8, 4) is 0 Å². The zero-order valence-electron chi connectivity index (χ0n) is 20.3. The Morgan fingerprint density at radius 3 is 1.47 bits per heavy atom. The molecule has 0 spiro atoms. The zero-order chi connectivity index (χ0) is 20.4. The summed E-state index contributed by atoms with van der Waals surface area (Å²) in [6.07, 6.45) is 13.7. The molecule has 0 radical (unpaired) electrons. The summed E-state index contributed by atoms with van der Waals surface area (Å²) in [5.74, 6) is 0. The van der Waals surface area contributed by atoms with Gasteiger partial charge in [-0.05, 0) is 0 Å². The Balaban J connectivity index is 0.00000160. The summed E-state index contributed by atoms with van der Waals surface area (Å²) in [6.45, 7) is 20.4. The third-order valence-corrected chi connectivity index (χ3v) is 28.3. The van der Waals surface area contributed by atoms with Crippen LogP contribution in [-0.4, -0.2) is 5.43 Å². The molecule has 0 saturated carbocycles. The van der Waals surface area contributed by atoms with E-state index in [1.54, 1.807) is 22.3 Å². The van der Waals surface area contributed by atoms with Crippen LogP contribution in [0.4, 0.5) is 0 Å². The van der Waals surface area contributed by atoms with Gasteiger partial charge >= 0.3 is 183 Å². The molecule has 0 saturated heterocycles. The van der Waals surface area contributed by atoms with Crippen molar-refractivity contribution in [3.63, 3.8) is 0 Å². The van der Waals surface area contributed by atoms with Gasteiger partial charge in [-0.25, -0.2) is 0 Å². The molecule has 0 amide bonds. The zero-order valence-corrected chi connectivity index (χ0v) is 25.3. The van der Waals surface area contributed by atoms with Crippen LogP contribution in [0.3, 0.4) is 0 Å². The molecule has 2 atom stereocenters. The number of allylic oxidation sites excluding steroid dienone is 8. The minimum absolute atomic E-state index is 0. The molecule has 0 bridgehead atoms. The first kappa shape index (κ1) is 26.9. The summed E-state index contributed by atoms with van der Waals surface area (Å²) in [6, 6.07) is 0. The predicted molar refractivity (Wildman–Crippen MR) is 122 cm³/mol. The summed E-state index contributed by atoms with van der Waals surface area (Å²) < 4.78 is 1.82. The molecule has 30 heavy (non-hydrogen) atoms. The molecule has 4 aliphatic carbocycles. The molecule has 4 rings (SSSR count). The standard InChI is InChI=1S/2C12H17.C2H6Si.2ClH.Zr/c2*1-9-7-10-5-4-6-12(2,3)11(10)8-9;1-3-2;;;/h2*7-8H,4-6H2,1-3H3;1-2H3;2*1H;/q;;;;;+2/p-2. The number of rotatable bonds is 2. The number of hydrogen-bond donors (Lipinski definition) is 0. The van der Waals surface area contributed by atoms with Gasteiger partial charge in [-0.3, -0.25) is 0 Å². The molecule has 0 nitrogen and oxygen atoms in total. The Morgan fingerprint density at radius 1 is 0.767 bits per heavy atom. The predicted octanol–water partition coefficient (Wildman–Crippen LogP) is 2.37. The van der Waals surface area contributed by atoms with Crippen LogP contribution in [0.15, 0.2) is 45.6 Å². The van der Waals surface area contributed by atoms with Gasteiger partial charge in [0.1, 0.15) is 0 Å². The van der Waals surface area contributed by atoms with E-state index < -0.39 is 20.4 Å². The second-order valence-corrected chi connectivity index (χ2v) is 29.3. The maximum Gasteiger partial charge on any atom is -1.00 e. The van der Waals surface area contributed by atoms with E-state index in [0.717, 1.165) is 7.25 Å². The Hall–Kier alpha value is 0.640. The molecule has 0 aliphatic heterocycles. The Labute approximate surface area is 206 Å². The van der Waals surface area contributed by atoms with E-state index in [1.165, 1.54) is 38.5 Å². The molecule has 4 aliphatic rings. The van der Waals surface area contributed by atoms with Crippen LogP contribution in [0.5, 0.6) is 0 Å². The van der Waals surface area contributed by atoms with Crippen LogP contribution in [0.1, 0.15) is 80.1 Å². The van der Waals surface area contributed by atoms with Gasteiger partial charge < -0.3 is 24.8 Å². The molecule has 2 unspecified atom stereocenters. The molecule has 0 aromatic carbocycles. The SMILES string of the molecule is CC1=CC2=C(CCCC2(C)C)[CH]1[Zr+2]([CH]1C(C)=CC2=C1CCCC2(C)C)=[Si](C)C.[Cl-].[Cl-]. The monoisotopic (exact) mass is 540 g/mol. The van der Waals surface area contributed by atoms with Crippen molar-refractivity contribution >= 4 is 5.43 Å². The number of halogens is 2. The summed E-state index contributed by atoms with van der Waals surface area (Å²) in [5, 5.41) is 0. The average Bonchev–Trinajstić information content (AvgIpc) is 3.08. The third-order valence-electron chi connectivity index (χ3n) is 8.20. The van der Waals surface area contributed by atoms with Crippen LogP contribution in [0, 0.1) is 10.8 Å². The molecule has 4 heteroatoms. The summed E-state index contributed by atoms with van der Waals surface area (Å²) in [4.78, 5) is 0. The van der Waals surface area contributed by atoms with Gasteiger partial charge in [-0.2, -0.15) is 0 Å². The largest absolute Gasteiger partial charge is 1.00 e. The van der Waals surface area contributed by atoms with E-state index in [4.69, 9.17) is 0 Å². The van der Waals surface area contributed by atoms with Crippen molar-refractivity contribution < 1.29 is 45.2 Å². The summed E-state index contributed by atoms with van der Waals surface area (Å²) in [5.41, 5.74) is 11.5. The molecule has 0 heterocycles. The fraction of sp³-hybridized carbons (Fsp3) is 0.692.